The number of rotatable bonds is 6. The van der Waals surface area contributed by atoms with Crippen LogP contribution in [0.3, 0.4) is 0 Å². The lowest BCUT2D eigenvalue weighted by atomic mass is 10.2. The number of carbonyl (C=O) groups excluding carboxylic acids is 1. The molecule has 2 fully saturated rings. The Labute approximate surface area is 169 Å². The normalized spacial score (nSPS) is 22.1. The summed E-state index contributed by atoms with van der Waals surface area (Å²) in [6.45, 7) is 1.83. The van der Waals surface area contributed by atoms with Crippen LogP contribution in [0.4, 0.5) is 0 Å². The highest BCUT2D eigenvalue weighted by atomic mass is 32.2. The number of hydrogen-bond acceptors (Lipinski definition) is 6. The summed E-state index contributed by atoms with van der Waals surface area (Å²) in [5.41, 5.74) is 0.969. The number of hydrogen-bond donors (Lipinski definition) is 0. The van der Waals surface area contributed by atoms with E-state index in [-0.39, 0.29) is 28.7 Å². The van der Waals surface area contributed by atoms with Crippen LogP contribution >= 0.6 is 11.8 Å². The molecule has 2 heterocycles. The summed E-state index contributed by atoms with van der Waals surface area (Å²) in [4.78, 5) is 19.1. The molecule has 0 radical (unpaired) electrons. The Hall–Kier alpha value is -1.87. The highest BCUT2D eigenvalue weighted by molar-refractivity contribution is 8.00. The van der Waals surface area contributed by atoms with E-state index in [4.69, 9.17) is 4.98 Å². The number of sulfone groups is 1. The van der Waals surface area contributed by atoms with E-state index in [0.29, 0.717) is 17.5 Å². The van der Waals surface area contributed by atoms with E-state index >= 15 is 0 Å². The second-order valence-corrected chi connectivity index (χ2v) is 11.1. The van der Waals surface area contributed by atoms with Crippen molar-refractivity contribution in [2.24, 2.45) is 0 Å². The quantitative estimate of drug-likeness (QED) is 0.667. The smallest absolute Gasteiger partial charge is 0.235 e. The van der Waals surface area contributed by atoms with E-state index in [9.17, 15) is 13.2 Å². The molecule has 1 aliphatic carbocycles. The zero-order chi connectivity index (χ0) is 19.9. The second-order valence-electron chi connectivity index (χ2n) is 7.54. The third-order valence-electron chi connectivity index (χ3n) is 5.29. The van der Waals surface area contributed by atoms with E-state index in [1.165, 1.54) is 11.8 Å². The maximum absolute atomic E-state index is 12.8. The summed E-state index contributed by atoms with van der Waals surface area (Å²) in [6.07, 6.45) is 2.74. The lowest BCUT2D eigenvalue weighted by molar-refractivity contribution is -0.130. The van der Waals surface area contributed by atoms with E-state index in [0.717, 1.165) is 24.4 Å². The topological polar surface area (TPSA) is 85.2 Å². The lowest BCUT2D eigenvalue weighted by Gasteiger charge is -2.25. The number of nitrogens with zero attached hydrogens (tertiary/aromatic N) is 4. The number of para-hydroxylation sites is 1. The molecule has 1 saturated heterocycles. The maximum atomic E-state index is 12.8. The van der Waals surface area contributed by atoms with Gasteiger partial charge in [0, 0.05) is 19.0 Å². The number of carbonyl (C=O) groups is 1. The Bertz CT molecular complexity index is 970. The van der Waals surface area contributed by atoms with Gasteiger partial charge in [0.15, 0.2) is 9.84 Å². The average Bonchev–Trinajstić information content (AvgIpc) is 3.34. The van der Waals surface area contributed by atoms with Crippen LogP contribution in [-0.2, 0) is 14.6 Å². The molecule has 2 aromatic rings. The second kappa shape index (κ2) is 7.51. The van der Waals surface area contributed by atoms with Gasteiger partial charge in [-0.05, 0) is 38.3 Å². The zero-order valence-electron chi connectivity index (χ0n) is 16.0. The predicted molar refractivity (Wildman–Crippen MR) is 108 cm³/mol. The predicted octanol–water partition coefficient (Wildman–Crippen LogP) is 2.27. The first kappa shape index (κ1) is 19.4. The van der Waals surface area contributed by atoms with Crippen LogP contribution in [0.5, 0.6) is 0 Å². The summed E-state index contributed by atoms with van der Waals surface area (Å²) in [7, 11) is -1.33. The first-order valence-corrected chi connectivity index (χ1v) is 12.2. The molecule has 1 aromatic heterocycles. The van der Waals surface area contributed by atoms with Crippen LogP contribution in [-0.4, -0.2) is 63.8 Å². The third kappa shape index (κ3) is 4.10. The van der Waals surface area contributed by atoms with Gasteiger partial charge in [0.05, 0.1) is 22.4 Å². The van der Waals surface area contributed by atoms with E-state index in [1.54, 1.807) is 11.9 Å². The molecule has 4 rings (SSSR count). The van der Waals surface area contributed by atoms with Crippen LogP contribution in [0.25, 0.3) is 5.69 Å². The summed E-state index contributed by atoms with van der Waals surface area (Å²) in [5.74, 6) is 1.50. The molecule has 0 spiro atoms. The van der Waals surface area contributed by atoms with Crippen molar-refractivity contribution < 1.29 is 13.2 Å². The Balaban J connectivity index is 1.48. The van der Waals surface area contributed by atoms with Crippen molar-refractivity contribution in [2.75, 3.05) is 18.6 Å². The number of thioether (sulfide) groups is 1. The lowest BCUT2D eigenvalue weighted by Crippen LogP contribution is -2.41. The third-order valence-corrected chi connectivity index (χ3v) is 7.98. The molecule has 1 aliphatic heterocycles. The average molecular weight is 421 g/mol. The molecule has 7 nitrogen and oxygen atoms in total. The fraction of sp³-hybridized carbons (Fsp3) is 0.526. The number of benzene rings is 1. The van der Waals surface area contributed by atoms with Gasteiger partial charge in [0.25, 0.3) is 0 Å². The van der Waals surface area contributed by atoms with Crippen LogP contribution in [0, 0.1) is 0 Å². The molecule has 28 heavy (non-hydrogen) atoms. The minimum atomic E-state index is -3.02. The Morgan fingerprint density at radius 3 is 2.57 bits per heavy atom. The van der Waals surface area contributed by atoms with E-state index < -0.39 is 9.84 Å². The molecule has 150 valence electrons. The molecular formula is C19H24N4O3S2. The highest BCUT2D eigenvalue weighted by Gasteiger charge is 2.35. The van der Waals surface area contributed by atoms with Gasteiger partial charge in [0.1, 0.15) is 5.82 Å². The van der Waals surface area contributed by atoms with Crippen molar-refractivity contribution in [3.05, 3.63) is 36.2 Å². The van der Waals surface area contributed by atoms with Crippen LogP contribution < -0.4 is 0 Å². The van der Waals surface area contributed by atoms with Crippen molar-refractivity contribution in [2.45, 2.75) is 48.6 Å². The fourth-order valence-corrected chi connectivity index (χ4v) is 6.11. The fourth-order valence-electron chi connectivity index (χ4n) is 3.48. The summed E-state index contributed by atoms with van der Waals surface area (Å²) in [6, 6.07) is 9.66. The van der Waals surface area contributed by atoms with Gasteiger partial charge >= 0.3 is 0 Å². The summed E-state index contributed by atoms with van der Waals surface area (Å²) in [5, 5.41) is 4.85. The molecule has 0 unspecified atom stereocenters. The molecule has 0 bridgehead atoms. The van der Waals surface area contributed by atoms with E-state index in [1.807, 2.05) is 41.9 Å². The molecule has 1 aromatic carbocycles. The van der Waals surface area contributed by atoms with Crippen molar-refractivity contribution in [3.63, 3.8) is 0 Å². The highest BCUT2D eigenvalue weighted by Crippen LogP contribution is 2.40. The molecule has 2 atom stereocenters. The van der Waals surface area contributed by atoms with Crippen LogP contribution in [0.15, 0.2) is 35.5 Å². The van der Waals surface area contributed by atoms with Gasteiger partial charge in [-0.25, -0.2) is 18.1 Å². The van der Waals surface area contributed by atoms with E-state index in [2.05, 4.69) is 5.10 Å². The molecule has 9 heteroatoms. The summed E-state index contributed by atoms with van der Waals surface area (Å²) >= 11 is 1.33. The van der Waals surface area contributed by atoms with Crippen molar-refractivity contribution in [1.29, 1.82) is 0 Å². The maximum Gasteiger partial charge on any atom is 0.235 e. The summed E-state index contributed by atoms with van der Waals surface area (Å²) < 4.78 is 25.3. The SMILES string of the molecule is C[C@@H](Sc1nc(C2CC2)n(-c2ccccc2)n1)C(=O)N(C)[C@@H]1CCS(=O)(=O)C1. The van der Waals surface area contributed by atoms with Gasteiger partial charge < -0.3 is 4.90 Å². The van der Waals surface area contributed by atoms with Gasteiger partial charge in [-0.1, -0.05) is 30.0 Å². The van der Waals surface area contributed by atoms with Gasteiger partial charge in [-0.15, -0.1) is 5.10 Å². The monoisotopic (exact) mass is 420 g/mol. The van der Waals surface area contributed by atoms with Crippen molar-refractivity contribution in [3.8, 4) is 5.69 Å². The minimum absolute atomic E-state index is 0.0549. The van der Waals surface area contributed by atoms with Crippen molar-refractivity contribution >= 4 is 27.5 Å². The Kier molecular flexibility index (Phi) is 5.22. The molecular weight excluding hydrogens is 396 g/mol. The van der Waals surface area contributed by atoms with Gasteiger partial charge in [-0.3, -0.25) is 4.79 Å². The zero-order valence-corrected chi connectivity index (χ0v) is 17.6. The minimum Gasteiger partial charge on any atom is -0.341 e. The first-order chi connectivity index (χ1) is 13.3. The Morgan fingerprint density at radius 2 is 1.96 bits per heavy atom. The number of amides is 1. The molecule has 0 N–H and O–H groups in total. The molecule has 2 aliphatic rings. The molecule has 1 amide bonds. The van der Waals surface area contributed by atoms with Crippen molar-refractivity contribution in [1.82, 2.24) is 19.7 Å². The standard InChI is InChI=1S/C19H24N4O3S2/c1-13(18(24)22(2)16-10-11-28(25,26)12-16)27-19-20-17(14-8-9-14)23(21-19)15-6-4-3-5-7-15/h3-7,13-14,16H,8-12H2,1-2H3/t13-,16-/m1/s1. The van der Waals surface area contributed by atoms with Crippen LogP contribution in [0.1, 0.15) is 37.9 Å². The number of aromatic nitrogens is 3. The Morgan fingerprint density at radius 1 is 1.25 bits per heavy atom. The molecule has 1 saturated carbocycles. The van der Waals surface area contributed by atoms with Crippen LogP contribution in [0.2, 0.25) is 0 Å². The van der Waals surface area contributed by atoms with Gasteiger partial charge in [0.2, 0.25) is 11.1 Å². The largest absolute Gasteiger partial charge is 0.341 e. The first-order valence-electron chi connectivity index (χ1n) is 9.50. The van der Waals surface area contributed by atoms with Gasteiger partial charge in [-0.2, -0.15) is 0 Å².